The Kier molecular flexibility index (Phi) is 93.2. The first-order valence-corrected chi connectivity index (χ1v) is 43.7. The van der Waals surface area contributed by atoms with E-state index in [0.717, 1.165) is 71.9 Å². The summed E-state index contributed by atoms with van der Waals surface area (Å²) in [4.78, 5) is 103. The van der Waals surface area contributed by atoms with Gasteiger partial charge in [-0.15, -0.1) is 99.4 Å². The van der Waals surface area contributed by atoms with E-state index in [2.05, 4.69) is 156 Å². The Hall–Kier alpha value is -0.460. The standard InChI is InChI=1S/C11H19NO3S.C10H17NO3S.C8H17N3O2S.C8H16N3P.C7H15NO2S.C6H14N2O2S.C4H9NO2S.2C3H7Br.C3H7N.C2H6BrN.BrH.4ClH/c1-10(2,3)8-12(7-13)11(4,6-16-8)9(14)15-5;1-10(2,3)9-11(6-12)7(5-15-9)8(13)14-4;1-6(9)11-3-4-14-5-8(2,10)7(12)13;12-7-11-6-2-5-10-4-1-3-9-8(10)11;1-3-4-11-5-7(2,8)6(9)10;1-6(8,5(9)10)4-11-3-2-7;1-4(5,2-8)3(6)7;2*1-2-3-4;1-3(2)4;3-1-2-4;;;;;/h7-8H,6H2,1-5H3;6-7,9H,5H2,1-4H3;3-5,10H2,1-2H3,(H2,9,11)(H,12,13);1-7,12H2;3-5,8H2,1-2H3,(H,9,10);2-4,7-8H2,1H3,(H,9,10);8H,2,5H2,1H3,(H,6,7);2*2-3H2,1H3;4H,1-2H3;1-2,4H2;5*1H/t8-,11+;7-,9+;8-;;7-;6-;4-;;;;;;;;;/m100.000........./s1. The molecule has 4 aliphatic heterocycles. The zero-order valence-electron chi connectivity index (χ0n) is 66.9. The highest BCUT2D eigenvalue weighted by Gasteiger charge is 2.52. The van der Waals surface area contributed by atoms with Crippen molar-refractivity contribution in [1.82, 2.24) is 19.6 Å². The molecule has 0 saturated carbocycles. The third kappa shape index (κ3) is 65.7. The Morgan fingerprint density at radius 3 is 1.37 bits per heavy atom. The number of alkyl halides is 3. The number of halogens is 8. The fourth-order valence-corrected chi connectivity index (χ4v) is 13.5. The molecule has 4 heterocycles. The largest absolute Gasteiger partial charge is 0.480 e. The van der Waals surface area contributed by atoms with Crippen LogP contribution in [-0.4, -0.2) is 285 Å². The molecular weight excluding hydrogens is 1890 g/mol. The predicted molar refractivity (Wildman–Crippen MR) is 495 cm³/mol. The Bertz CT molecular complexity index is 2390. The number of aliphatic imine (C=N–C) groups is 2. The van der Waals surface area contributed by atoms with Crippen molar-refractivity contribution in [3.8, 4) is 0 Å². The van der Waals surface area contributed by atoms with Gasteiger partial charge < -0.3 is 95.0 Å². The van der Waals surface area contributed by atoms with Crippen LogP contribution < -0.4 is 40.1 Å². The summed E-state index contributed by atoms with van der Waals surface area (Å²) in [5, 5.41) is 43.9. The van der Waals surface area contributed by atoms with Gasteiger partial charge in [-0.2, -0.15) is 47.9 Å². The number of esters is 2. The molecular formula is C65H139Br4Cl4N14O14PS6. The molecule has 0 aromatic heterocycles. The van der Waals surface area contributed by atoms with Gasteiger partial charge in [0.05, 0.1) is 30.8 Å². The number of nitrogens with one attached hydrogen (secondary N) is 1. The first-order chi connectivity index (χ1) is 47.4. The maximum absolute atomic E-state index is 11.7. The van der Waals surface area contributed by atoms with E-state index in [1.807, 2.05) is 0 Å². The Morgan fingerprint density at radius 1 is 0.676 bits per heavy atom. The van der Waals surface area contributed by atoms with Crippen LogP contribution in [0.4, 0.5) is 0 Å². The summed E-state index contributed by atoms with van der Waals surface area (Å²) in [7, 11) is 5.48. The molecule has 2 amide bonds. The number of ether oxygens (including phenoxy) is 2. The Morgan fingerprint density at radius 2 is 1.07 bits per heavy atom. The van der Waals surface area contributed by atoms with Gasteiger partial charge in [0.2, 0.25) is 12.8 Å². The van der Waals surface area contributed by atoms with Crippen molar-refractivity contribution in [2.45, 2.75) is 194 Å². The number of fused-ring (bicyclic) bond motifs is 1. The van der Waals surface area contributed by atoms with Crippen LogP contribution in [0.1, 0.15) is 150 Å². The molecule has 0 bridgehead atoms. The summed E-state index contributed by atoms with van der Waals surface area (Å²) in [5.41, 5.74) is 32.4. The molecule has 3 saturated heterocycles. The molecule has 1 unspecified atom stereocenters. The summed E-state index contributed by atoms with van der Waals surface area (Å²) in [5.74, 6) is 2.27. The van der Waals surface area contributed by atoms with Crippen molar-refractivity contribution < 1.29 is 68.3 Å². The van der Waals surface area contributed by atoms with E-state index in [9.17, 15) is 38.4 Å². The number of hydrogen-bond donors (Lipinski definition) is 13. The summed E-state index contributed by atoms with van der Waals surface area (Å²) in [6.45, 7) is 38.1. The van der Waals surface area contributed by atoms with Crippen molar-refractivity contribution in [2.75, 3.05) is 134 Å². The highest BCUT2D eigenvalue weighted by atomic mass is 79.9. The molecule has 19 N–H and O–H groups in total. The number of thiol groups is 1. The van der Waals surface area contributed by atoms with Gasteiger partial charge in [-0.3, -0.25) is 38.8 Å². The number of rotatable bonds is 26. The van der Waals surface area contributed by atoms with Crippen LogP contribution in [-0.2, 0) is 47.8 Å². The number of hydrogen-bond acceptors (Lipinski definition) is 27. The van der Waals surface area contributed by atoms with Crippen LogP contribution in [0.15, 0.2) is 9.98 Å². The lowest BCUT2D eigenvalue weighted by atomic mass is 9.92. The first-order valence-electron chi connectivity index (χ1n) is 33.4. The molecule has 4 rings (SSSR count). The number of guanidine groups is 1. The number of amidine groups is 1. The van der Waals surface area contributed by atoms with Crippen LogP contribution in [0.5, 0.6) is 0 Å². The third-order valence-corrected chi connectivity index (χ3v) is 23.9. The van der Waals surface area contributed by atoms with Crippen molar-refractivity contribution in [3.05, 3.63) is 0 Å². The van der Waals surface area contributed by atoms with Crippen LogP contribution in [0.25, 0.3) is 0 Å². The van der Waals surface area contributed by atoms with E-state index >= 15 is 0 Å². The molecule has 0 aliphatic carbocycles. The maximum atomic E-state index is 11.7. The number of carboxylic acid groups (broad SMARTS) is 4. The SMILES string of the molecule is Br.CC(C)=N.CC(N)=NCCSC[C@](C)(N)C(=O)O.CCCBr.CCCBr.CCCSC[C@](C)(N)C(=O)O.COC(=O)[C@@H]1CS[C@H](C(C)(C)C)N1C=O.COC(=O)[C@]1(C)CS[C@H](C(C)(C)C)N1C=O.C[C@](N)(CS)C(=O)O.C[C@](N)(CSCCN)C(=O)O.Cl.Cl.Cl.Cl.NCCBr.PCN1CCCN2CCCN=C12. The van der Waals surface area contributed by atoms with E-state index < -0.39 is 57.6 Å². The monoisotopic (exact) mass is 2020 g/mol. The minimum absolute atomic E-state index is 0. The molecule has 0 spiro atoms. The maximum Gasteiger partial charge on any atom is 0.332 e. The fourth-order valence-electron chi connectivity index (χ4n) is 7.04. The minimum Gasteiger partial charge on any atom is -0.480 e. The van der Waals surface area contributed by atoms with Crippen molar-refractivity contribution >= 4 is 261 Å². The van der Waals surface area contributed by atoms with E-state index in [0.29, 0.717) is 53.4 Å². The second kappa shape index (κ2) is 75.3. The predicted octanol–water partition coefficient (Wildman–Crippen LogP) is 10.4. The van der Waals surface area contributed by atoms with Gasteiger partial charge in [-0.05, 0) is 104 Å². The second-order valence-electron chi connectivity index (χ2n) is 26.6. The molecule has 650 valence electrons. The summed E-state index contributed by atoms with van der Waals surface area (Å²) in [6.07, 6.45) is 8.57. The number of carbonyl (C=O) groups excluding carboxylic acids is 4. The van der Waals surface area contributed by atoms with E-state index in [-0.39, 0.29) is 106 Å². The van der Waals surface area contributed by atoms with E-state index in [1.54, 1.807) is 72.8 Å². The normalized spacial score (nSPS) is 18.5. The number of nitrogens with two attached hydrogens (primary N) is 7. The molecule has 4 aliphatic rings. The van der Waals surface area contributed by atoms with Crippen LogP contribution in [0.3, 0.4) is 0 Å². The number of carbonyl (C=O) groups is 8. The van der Waals surface area contributed by atoms with E-state index in [1.165, 1.54) is 117 Å². The highest BCUT2D eigenvalue weighted by Crippen LogP contribution is 2.44. The molecule has 43 heteroatoms. The smallest absolute Gasteiger partial charge is 0.332 e. The zero-order chi connectivity index (χ0) is 82.2. The van der Waals surface area contributed by atoms with E-state index in [4.69, 9.17) is 70.7 Å². The van der Waals surface area contributed by atoms with Gasteiger partial charge in [0.25, 0.3) is 0 Å². The molecule has 108 heavy (non-hydrogen) atoms. The summed E-state index contributed by atoms with van der Waals surface area (Å²) in [6, 6.07) is -0.429. The first kappa shape index (κ1) is 134. The lowest BCUT2D eigenvalue weighted by Gasteiger charge is -2.40. The average Bonchev–Trinajstić information content (AvgIpc) is 1.62. The quantitative estimate of drug-likeness (QED) is 0.00559. The van der Waals surface area contributed by atoms with Crippen molar-refractivity contribution in [2.24, 2.45) is 61.0 Å². The second-order valence-corrected chi connectivity index (χ2v) is 35.2. The van der Waals surface area contributed by atoms with Gasteiger partial charge in [-0.1, -0.05) is 110 Å². The average molecular weight is 2030 g/mol. The summed E-state index contributed by atoms with van der Waals surface area (Å²) < 4.78 is 9.45. The lowest BCUT2D eigenvalue weighted by Crippen LogP contribution is -2.54. The van der Waals surface area contributed by atoms with Crippen LogP contribution in [0.2, 0.25) is 0 Å². The number of amides is 2. The number of thioether (sulfide) groups is 5. The molecule has 0 radical (unpaired) electrons. The number of aliphatic carboxylic acids is 4. The number of methoxy groups -OCH3 is 2. The number of carboxylic acids is 4. The van der Waals surface area contributed by atoms with Crippen LogP contribution in [0, 0.1) is 16.2 Å². The minimum atomic E-state index is -1.18. The van der Waals surface area contributed by atoms with Gasteiger partial charge in [-0.25, -0.2) is 9.59 Å². The fraction of sp³-hybridized carbons (Fsp3) is 0.831. The molecule has 9 atom stereocenters. The third-order valence-electron chi connectivity index (χ3n) is 12.9. The molecule has 0 aromatic rings. The topological polar surface area (TPSA) is 480 Å². The molecule has 0 aromatic carbocycles. The van der Waals surface area contributed by atoms with Crippen molar-refractivity contribution in [1.29, 1.82) is 5.41 Å². The zero-order valence-corrected chi connectivity index (χ0v) is 82.8. The van der Waals surface area contributed by atoms with Gasteiger partial charge >= 0.3 is 35.8 Å². The Balaban J connectivity index is -0.0000000960. The highest BCUT2D eigenvalue weighted by molar-refractivity contribution is 9.09. The van der Waals surface area contributed by atoms with Crippen molar-refractivity contribution in [3.63, 3.8) is 0 Å². The number of nitrogens with zero attached hydrogens (tertiary/aromatic N) is 6. The Labute approximate surface area is 737 Å². The van der Waals surface area contributed by atoms with Gasteiger partial charge in [0.15, 0.2) is 5.96 Å². The lowest BCUT2D eigenvalue weighted by molar-refractivity contribution is -0.156. The molecule has 28 nitrogen and oxygen atoms in total. The van der Waals surface area contributed by atoms with Crippen LogP contribution >= 0.6 is 195 Å². The molecule has 3 fully saturated rings. The summed E-state index contributed by atoms with van der Waals surface area (Å²) >= 11 is 21.1. The van der Waals surface area contributed by atoms with Gasteiger partial charge in [0.1, 0.15) is 33.7 Å². The van der Waals surface area contributed by atoms with Gasteiger partial charge in [0, 0.05) is 120 Å².